The Bertz CT molecular complexity index is 344. The van der Waals surface area contributed by atoms with Crippen LogP contribution in [0.3, 0.4) is 0 Å². The third-order valence-corrected chi connectivity index (χ3v) is 3.98. The van der Waals surface area contributed by atoms with Gasteiger partial charge in [0.2, 0.25) is 0 Å². The number of rotatable bonds is 4. The largest absolute Gasteiger partial charge is 0.329 e. The van der Waals surface area contributed by atoms with Crippen molar-refractivity contribution in [2.45, 2.75) is 45.2 Å². The maximum absolute atomic E-state index is 6.00. The molecule has 1 heterocycles. The quantitative estimate of drug-likeness (QED) is 0.865. The lowest BCUT2D eigenvalue weighted by atomic mass is 10.0. The van der Waals surface area contributed by atoms with E-state index in [-0.39, 0.29) is 0 Å². The molecule has 1 aliphatic heterocycles. The van der Waals surface area contributed by atoms with E-state index in [9.17, 15) is 0 Å². The Balaban J connectivity index is 2.18. The number of aryl methyl sites for hydroxylation is 1. The summed E-state index contributed by atoms with van der Waals surface area (Å²) < 4.78 is 0. The fraction of sp³-hybridized carbons (Fsp3) is 0.600. The molecular formula is C15H24N2. The zero-order valence-electron chi connectivity index (χ0n) is 11.0. The summed E-state index contributed by atoms with van der Waals surface area (Å²) in [6.07, 6.45) is 3.89. The van der Waals surface area contributed by atoms with Crippen LogP contribution in [0.1, 0.15) is 43.4 Å². The molecule has 1 saturated heterocycles. The van der Waals surface area contributed by atoms with Crippen LogP contribution >= 0.6 is 0 Å². The van der Waals surface area contributed by atoms with Gasteiger partial charge in [0.1, 0.15) is 0 Å². The molecule has 0 amide bonds. The molecule has 0 aromatic heterocycles. The van der Waals surface area contributed by atoms with Gasteiger partial charge in [-0.15, -0.1) is 0 Å². The van der Waals surface area contributed by atoms with Crippen LogP contribution in [0, 0.1) is 6.92 Å². The van der Waals surface area contributed by atoms with Gasteiger partial charge in [-0.2, -0.15) is 0 Å². The van der Waals surface area contributed by atoms with E-state index in [2.05, 4.69) is 43.0 Å². The van der Waals surface area contributed by atoms with Crippen molar-refractivity contribution in [1.82, 2.24) is 4.90 Å². The Kier molecular flexibility index (Phi) is 4.19. The summed E-state index contributed by atoms with van der Waals surface area (Å²) in [7, 11) is 0. The maximum atomic E-state index is 6.00. The van der Waals surface area contributed by atoms with Gasteiger partial charge in [0, 0.05) is 18.6 Å². The van der Waals surface area contributed by atoms with E-state index < -0.39 is 0 Å². The number of benzene rings is 1. The fourth-order valence-electron chi connectivity index (χ4n) is 2.96. The Morgan fingerprint density at radius 1 is 1.35 bits per heavy atom. The zero-order valence-corrected chi connectivity index (χ0v) is 11.0. The van der Waals surface area contributed by atoms with Gasteiger partial charge in [0.05, 0.1) is 0 Å². The molecule has 17 heavy (non-hydrogen) atoms. The molecule has 1 aromatic carbocycles. The average Bonchev–Trinajstić information content (AvgIpc) is 2.81. The molecule has 0 radical (unpaired) electrons. The third-order valence-electron chi connectivity index (χ3n) is 3.98. The summed E-state index contributed by atoms with van der Waals surface area (Å²) in [4.78, 5) is 2.60. The number of likely N-dealkylation sites (tertiary alicyclic amines) is 1. The van der Waals surface area contributed by atoms with Crippen molar-refractivity contribution < 1.29 is 0 Å². The summed E-state index contributed by atoms with van der Waals surface area (Å²) in [6, 6.07) is 9.98. The van der Waals surface area contributed by atoms with Crippen LogP contribution in [0.15, 0.2) is 24.3 Å². The molecule has 2 unspecified atom stereocenters. The fourth-order valence-corrected chi connectivity index (χ4v) is 2.96. The molecule has 1 aliphatic rings. The van der Waals surface area contributed by atoms with Crippen LogP contribution in [-0.2, 0) is 0 Å². The molecule has 2 rings (SSSR count). The highest BCUT2D eigenvalue weighted by Crippen LogP contribution is 2.30. The first-order valence-corrected chi connectivity index (χ1v) is 6.78. The topological polar surface area (TPSA) is 29.3 Å². The second kappa shape index (κ2) is 5.65. The van der Waals surface area contributed by atoms with Crippen LogP contribution in [-0.4, -0.2) is 24.0 Å². The SMILES string of the molecule is CCC1CCCN1C(CN)c1ccc(C)cc1. The highest BCUT2D eigenvalue weighted by Gasteiger charge is 2.29. The zero-order chi connectivity index (χ0) is 12.3. The predicted octanol–water partition coefficient (Wildman–Crippen LogP) is 2.87. The first-order valence-electron chi connectivity index (χ1n) is 6.78. The van der Waals surface area contributed by atoms with Crippen molar-refractivity contribution in [3.05, 3.63) is 35.4 Å². The lowest BCUT2D eigenvalue weighted by molar-refractivity contribution is 0.180. The second-order valence-corrected chi connectivity index (χ2v) is 5.10. The van der Waals surface area contributed by atoms with E-state index in [1.807, 2.05) is 0 Å². The summed E-state index contributed by atoms with van der Waals surface area (Å²) in [5.41, 5.74) is 8.69. The molecule has 0 bridgehead atoms. The van der Waals surface area contributed by atoms with Crippen LogP contribution in [0.2, 0.25) is 0 Å². The molecule has 94 valence electrons. The van der Waals surface area contributed by atoms with E-state index in [0.717, 1.165) is 12.6 Å². The smallest absolute Gasteiger partial charge is 0.0473 e. The monoisotopic (exact) mass is 232 g/mol. The number of nitrogens with two attached hydrogens (primary N) is 1. The molecule has 0 spiro atoms. The van der Waals surface area contributed by atoms with Gasteiger partial charge in [-0.3, -0.25) is 4.90 Å². The predicted molar refractivity (Wildman–Crippen MR) is 73.0 cm³/mol. The summed E-state index contributed by atoms with van der Waals surface area (Å²) in [5, 5.41) is 0. The normalized spacial score (nSPS) is 22.9. The highest BCUT2D eigenvalue weighted by atomic mass is 15.2. The molecule has 2 heteroatoms. The van der Waals surface area contributed by atoms with Crippen LogP contribution in [0.4, 0.5) is 0 Å². The summed E-state index contributed by atoms with van der Waals surface area (Å²) in [5.74, 6) is 0. The first-order chi connectivity index (χ1) is 8.26. The van der Waals surface area contributed by atoms with Gasteiger partial charge in [-0.25, -0.2) is 0 Å². The summed E-state index contributed by atoms with van der Waals surface area (Å²) in [6.45, 7) is 6.34. The minimum absolute atomic E-state index is 0.406. The van der Waals surface area contributed by atoms with Crippen molar-refractivity contribution >= 4 is 0 Å². The number of hydrogen-bond donors (Lipinski definition) is 1. The molecule has 1 aromatic rings. The van der Waals surface area contributed by atoms with Crippen LogP contribution < -0.4 is 5.73 Å². The third kappa shape index (κ3) is 2.70. The minimum atomic E-state index is 0.406. The first kappa shape index (κ1) is 12.6. The van der Waals surface area contributed by atoms with E-state index in [1.54, 1.807) is 0 Å². The molecule has 2 N–H and O–H groups in total. The van der Waals surface area contributed by atoms with Gasteiger partial charge in [0.25, 0.3) is 0 Å². The van der Waals surface area contributed by atoms with Gasteiger partial charge in [-0.1, -0.05) is 36.8 Å². The Morgan fingerprint density at radius 3 is 2.65 bits per heavy atom. The minimum Gasteiger partial charge on any atom is -0.329 e. The number of hydrogen-bond acceptors (Lipinski definition) is 2. The average molecular weight is 232 g/mol. The second-order valence-electron chi connectivity index (χ2n) is 5.10. The molecule has 0 aliphatic carbocycles. The highest BCUT2D eigenvalue weighted by molar-refractivity contribution is 5.24. The van der Waals surface area contributed by atoms with E-state index >= 15 is 0 Å². The van der Waals surface area contributed by atoms with Crippen molar-refractivity contribution in [3.63, 3.8) is 0 Å². The Morgan fingerprint density at radius 2 is 2.06 bits per heavy atom. The Labute approximate surface area is 105 Å². The van der Waals surface area contributed by atoms with Crippen LogP contribution in [0.5, 0.6) is 0 Å². The van der Waals surface area contributed by atoms with E-state index in [1.165, 1.54) is 36.9 Å². The van der Waals surface area contributed by atoms with Gasteiger partial charge in [0.15, 0.2) is 0 Å². The van der Waals surface area contributed by atoms with Gasteiger partial charge >= 0.3 is 0 Å². The lowest BCUT2D eigenvalue weighted by Crippen LogP contribution is -2.37. The summed E-state index contributed by atoms with van der Waals surface area (Å²) >= 11 is 0. The lowest BCUT2D eigenvalue weighted by Gasteiger charge is -2.32. The molecule has 2 nitrogen and oxygen atoms in total. The van der Waals surface area contributed by atoms with Crippen molar-refractivity contribution in [2.75, 3.05) is 13.1 Å². The van der Waals surface area contributed by atoms with Gasteiger partial charge < -0.3 is 5.73 Å². The number of nitrogens with zero attached hydrogens (tertiary/aromatic N) is 1. The molecule has 0 saturated carbocycles. The van der Waals surface area contributed by atoms with Crippen molar-refractivity contribution in [2.24, 2.45) is 5.73 Å². The Hall–Kier alpha value is -0.860. The van der Waals surface area contributed by atoms with Gasteiger partial charge in [-0.05, 0) is 38.3 Å². The maximum Gasteiger partial charge on any atom is 0.0473 e. The van der Waals surface area contributed by atoms with E-state index in [4.69, 9.17) is 5.73 Å². The van der Waals surface area contributed by atoms with Crippen molar-refractivity contribution in [1.29, 1.82) is 0 Å². The standard InChI is InChI=1S/C15H24N2/c1-3-14-5-4-10-17(14)15(11-16)13-8-6-12(2)7-9-13/h6-9,14-15H,3-5,10-11,16H2,1-2H3. The van der Waals surface area contributed by atoms with Crippen LogP contribution in [0.25, 0.3) is 0 Å². The molecule has 2 atom stereocenters. The van der Waals surface area contributed by atoms with Crippen molar-refractivity contribution in [3.8, 4) is 0 Å². The van der Waals surface area contributed by atoms with E-state index in [0.29, 0.717) is 6.04 Å². The molecular weight excluding hydrogens is 208 g/mol. The molecule has 1 fully saturated rings.